The van der Waals surface area contributed by atoms with Crippen LogP contribution < -0.4 is 20.1 Å². The monoisotopic (exact) mass is 438 g/mol. The van der Waals surface area contributed by atoms with Crippen LogP contribution >= 0.6 is 0 Å². The number of nitrogens with one attached hydrogen (secondary N) is 2. The number of ether oxygens (including phenoxy) is 2. The van der Waals surface area contributed by atoms with Crippen molar-refractivity contribution in [1.82, 2.24) is 15.5 Å². The van der Waals surface area contributed by atoms with Crippen LogP contribution in [0.3, 0.4) is 0 Å². The average molecular weight is 439 g/mol. The summed E-state index contributed by atoms with van der Waals surface area (Å²) in [6.45, 7) is 5.96. The van der Waals surface area contributed by atoms with E-state index in [4.69, 9.17) is 9.47 Å². The Bertz CT molecular complexity index is 972. The zero-order valence-electron chi connectivity index (χ0n) is 19.7. The van der Waals surface area contributed by atoms with E-state index in [1.54, 1.807) is 26.0 Å². The molecule has 1 atom stereocenters. The fraction of sp³-hybridized carbons (Fsp3) is 0.440. The Morgan fingerprint density at radius 2 is 2.06 bits per heavy atom. The van der Waals surface area contributed by atoms with E-state index in [1.807, 2.05) is 31.2 Å². The number of rotatable bonds is 8. The molecule has 0 aliphatic carbocycles. The van der Waals surface area contributed by atoms with E-state index in [0.29, 0.717) is 31.2 Å². The van der Waals surface area contributed by atoms with Crippen molar-refractivity contribution in [3.63, 3.8) is 0 Å². The van der Waals surface area contributed by atoms with Crippen molar-refractivity contribution < 1.29 is 14.3 Å². The Balaban J connectivity index is 1.57. The first kappa shape index (κ1) is 23.4. The molecule has 0 fully saturated rings. The SMILES string of the molecule is CCOc1cc2c(cc1CNC(=NC)NCCc1cccc(C(=O)N(C)C)c1)OC(C)C2. The van der Waals surface area contributed by atoms with Gasteiger partial charge in [0, 0.05) is 57.3 Å². The summed E-state index contributed by atoms with van der Waals surface area (Å²) in [6.07, 6.45) is 1.89. The number of amides is 1. The number of carbonyl (C=O) groups is 1. The van der Waals surface area contributed by atoms with Gasteiger partial charge in [-0.3, -0.25) is 9.79 Å². The van der Waals surface area contributed by atoms with Crippen LogP contribution in [0.5, 0.6) is 11.5 Å². The van der Waals surface area contributed by atoms with Crippen molar-refractivity contribution in [3.05, 3.63) is 58.7 Å². The summed E-state index contributed by atoms with van der Waals surface area (Å²) in [5.41, 5.74) is 4.04. The Morgan fingerprint density at radius 1 is 1.25 bits per heavy atom. The molecule has 0 bridgehead atoms. The number of carbonyl (C=O) groups excluding carboxylic acids is 1. The molecule has 0 saturated heterocycles. The smallest absolute Gasteiger partial charge is 0.253 e. The summed E-state index contributed by atoms with van der Waals surface area (Å²) < 4.78 is 11.8. The Hall–Kier alpha value is -3.22. The van der Waals surface area contributed by atoms with E-state index >= 15 is 0 Å². The highest BCUT2D eigenvalue weighted by Crippen LogP contribution is 2.35. The third kappa shape index (κ3) is 5.93. The van der Waals surface area contributed by atoms with Crippen molar-refractivity contribution in [2.45, 2.75) is 39.3 Å². The number of hydrogen-bond donors (Lipinski definition) is 2. The predicted molar refractivity (Wildman–Crippen MR) is 128 cm³/mol. The van der Waals surface area contributed by atoms with Gasteiger partial charge in [-0.2, -0.15) is 0 Å². The van der Waals surface area contributed by atoms with Gasteiger partial charge >= 0.3 is 0 Å². The van der Waals surface area contributed by atoms with Crippen molar-refractivity contribution in [3.8, 4) is 11.5 Å². The maximum Gasteiger partial charge on any atom is 0.253 e. The van der Waals surface area contributed by atoms with Crippen LogP contribution in [0.2, 0.25) is 0 Å². The second-order valence-corrected chi connectivity index (χ2v) is 8.14. The van der Waals surface area contributed by atoms with Crippen molar-refractivity contribution in [2.24, 2.45) is 4.99 Å². The van der Waals surface area contributed by atoms with Crippen molar-refractivity contribution in [1.29, 1.82) is 0 Å². The predicted octanol–water partition coefficient (Wildman–Crippen LogP) is 3.02. The van der Waals surface area contributed by atoms with Gasteiger partial charge in [-0.15, -0.1) is 0 Å². The van der Waals surface area contributed by atoms with Gasteiger partial charge in [0.1, 0.15) is 17.6 Å². The minimum atomic E-state index is 0.00936. The number of benzene rings is 2. The molecule has 0 radical (unpaired) electrons. The van der Waals surface area contributed by atoms with E-state index in [2.05, 4.69) is 34.7 Å². The van der Waals surface area contributed by atoms with Gasteiger partial charge in [-0.1, -0.05) is 12.1 Å². The summed E-state index contributed by atoms with van der Waals surface area (Å²) >= 11 is 0. The molecule has 0 aromatic heterocycles. The zero-order valence-corrected chi connectivity index (χ0v) is 19.7. The Kier molecular flexibility index (Phi) is 7.98. The van der Waals surface area contributed by atoms with Crippen LogP contribution in [-0.4, -0.2) is 57.2 Å². The van der Waals surface area contributed by atoms with Crippen LogP contribution in [0.15, 0.2) is 41.4 Å². The maximum atomic E-state index is 12.2. The van der Waals surface area contributed by atoms with Crippen molar-refractivity contribution >= 4 is 11.9 Å². The first-order valence-electron chi connectivity index (χ1n) is 11.1. The van der Waals surface area contributed by atoms with Gasteiger partial charge in [-0.25, -0.2) is 0 Å². The lowest BCUT2D eigenvalue weighted by Crippen LogP contribution is -2.38. The van der Waals surface area contributed by atoms with Crippen molar-refractivity contribution in [2.75, 3.05) is 34.3 Å². The molecule has 1 aliphatic heterocycles. The van der Waals surface area contributed by atoms with E-state index in [1.165, 1.54) is 5.56 Å². The Labute approximate surface area is 190 Å². The standard InChI is InChI=1S/C25H34N4O3/c1-6-31-22-14-20-12-17(2)32-23(20)15-21(22)16-28-25(26-3)27-11-10-18-8-7-9-19(13-18)24(30)29(4)5/h7-9,13-15,17H,6,10-12,16H2,1-5H3,(H2,26,27,28). The topological polar surface area (TPSA) is 75.2 Å². The molecule has 0 saturated carbocycles. The molecule has 2 aromatic carbocycles. The lowest BCUT2D eigenvalue weighted by Gasteiger charge is -2.16. The number of nitrogens with zero attached hydrogens (tertiary/aromatic N) is 2. The third-order valence-electron chi connectivity index (χ3n) is 5.34. The summed E-state index contributed by atoms with van der Waals surface area (Å²) in [4.78, 5) is 18.1. The van der Waals surface area contributed by atoms with Gasteiger partial charge in [0.25, 0.3) is 5.91 Å². The van der Waals surface area contributed by atoms with Gasteiger partial charge in [0.15, 0.2) is 5.96 Å². The summed E-state index contributed by atoms with van der Waals surface area (Å²) in [7, 11) is 5.27. The van der Waals surface area contributed by atoms with Crippen LogP contribution in [0, 0.1) is 0 Å². The van der Waals surface area contributed by atoms with Gasteiger partial charge in [0.05, 0.1) is 6.61 Å². The molecular formula is C25H34N4O3. The minimum Gasteiger partial charge on any atom is -0.494 e. The van der Waals surface area contributed by atoms with E-state index in [0.717, 1.165) is 35.5 Å². The zero-order chi connectivity index (χ0) is 23.1. The van der Waals surface area contributed by atoms with Crippen LogP contribution in [0.25, 0.3) is 0 Å². The largest absolute Gasteiger partial charge is 0.494 e. The molecular weight excluding hydrogens is 404 g/mol. The molecule has 2 aromatic rings. The molecule has 172 valence electrons. The molecule has 2 N–H and O–H groups in total. The van der Waals surface area contributed by atoms with E-state index in [9.17, 15) is 4.79 Å². The highest BCUT2D eigenvalue weighted by Gasteiger charge is 2.22. The highest BCUT2D eigenvalue weighted by atomic mass is 16.5. The molecule has 1 unspecified atom stereocenters. The quantitative estimate of drug-likeness (QED) is 0.490. The molecule has 0 spiro atoms. The minimum absolute atomic E-state index is 0.00936. The van der Waals surface area contributed by atoms with E-state index < -0.39 is 0 Å². The number of guanidine groups is 1. The van der Waals surface area contributed by atoms with Crippen LogP contribution in [-0.2, 0) is 19.4 Å². The molecule has 32 heavy (non-hydrogen) atoms. The summed E-state index contributed by atoms with van der Waals surface area (Å²) in [5.74, 6) is 2.54. The molecule has 1 amide bonds. The fourth-order valence-corrected chi connectivity index (χ4v) is 3.75. The Morgan fingerprint density at radius 3 is 2.78 bits per heavy atom. The third-order valence-corrected chi connectivity index (χ3v) is 5.34. The highest BCUT2D eigenvalue weighted by molar-refractivity contribution is 5.94. The molecule has 3 rings (SSSR count). The number of hydrogen-bond acceptors (Lipinski definition) is 4. The summed E-state index contributed by atoms with van der Waals surface area (Å²) in [6, 6.07) is 11.9. The lowest BCUT2D eigenvalue weighted by molar-refractivity contribution is 0.0827. The maximum absolute atomic E-state index is 12.2. The van der Waals surface area contributed by atoms with Gasteiger partial charge < -0.3 is 25.0 Å². The number of aliphatic imine (C=N–C) groups is 1. The van der Waals surface area contributed by atoms with E-state index in [-0.39, 0.29) is 12.0 Å². The molecule has 7 nitrogen and oxygen atoms in total. The molecule has 1 aliphatic rings. The lowest BCUT2D eigenvalue weighted by atomic mass is 10.1. The molecule has 1 heterocycles. The second-order valence-electron chi connectivity index (χ2n) is 8.14. The fourth-order valence-electron chi connectivity index (χ4n) is 3.75. The second kappa shape index (κ2) is 10.9. The normalized spacial score (nSPS) is 15.0. The number of fused-ring (bicyclic) bond motifs is 1. The van der Waals surface area contributed by atoms with Gasteiger partial charge in [0.2, 0.25) is 0 Å². The first-order valence-corrected chi connectivity index (χ1v) is 11.1. The first-order chi connectivity index (χ1) is 15.4. The van der Waals surface area contributed by atoms with Gasteiger partial charge in [-0.05, 0) is 50.1 Å². The molecule has 7 heteroatoms. The summed E-state index contributed by atoms with van der Waals surface area (Å²) in [5, 5.41) is 6.70. The average Bonchev–Trinajstić information content (AvgIpc) is 3.14. The van der Waals surface area contributed by atoms with Crippen LogP contribution in [0.4, 0.5) is 0 Å². The van der Waals surface area contributed by atoms with Crippen LogP contribution in [0.1, 0.15) is 40.9 Å².